The van der Waals surface area contributed by atoms with Crippen molar-refractivity contribution in [3.8, 4) is 5.75 Å². The second-order valence-corrected chi connectivity index (χ2v) is 9.56. The highest BCUT2D eigenvalue weighted by atomic mass is 19.4. The second kappa shape index (κ2) is 11.1. The molecule has 0 saturated carbocycles. The van der Waals surface area contributed by atoms with Crippen molar-refractivity contribution in [3.05, 3.63) is 53.4 Å². The van der Waals surface area contributed by atoms with E-state index in [1.54, 1.807) is 13.8 Å². The van der Waals surface area contributed by atoms with Crippen LogP contribution in [0.1, 0.15) is 49.7 Å². The van der Waals surface area contributed by atoms with Gasteiger partial charge in [-0.15, -0.1) is 0 Å². The van der Waals surface area contributed by atoms with Crippen LogP contribution in [0, 0.1) is 23.5 Å². The van der Waals surface area contributed by atoms with Gasteiger partial charge in [0.2, 0.25) is 5.82 Å². The number of oxime groups is 1. The average Bonchev–Trinajstić information content (AvgIpc) is 3.14. The molecular weight excluding hydrogens is 531 g/mol. The van der Waals surface area contributed by atoms with Crippen molar-refractivity contribution in [2.24, 2.45) is 22.7 Å². The summed E-state index contributed by atoms with van der Waals surface area (Å²) in [4.78, 5) is 28.5. The third-order valence-electron chi connectivity index (χ3n) is 6.81. The van der Waals surface area contributed by atoms with E-state index in [0.29, 0.717) is 6.07 Å². The normalized spacial score (nSPS) is 23.6. The molecule has 1 fully saturated rings. The van der Waals surface area contributed by atoms with E-state index in [1.807, 2.05) is 0 Å². The zero-order valence-corrected chi connectivity index (χ0v) is 21.3. The number of alkyl halides is 3. The molecule has 3 rings (SSSR count). The molecule has 0 spiro atoms. The van der Waals surface area contributed by atoms with E-state index in [9.17, 15) is 32.4 Å². The van der Waals surface area contributed by atoms with Crippen molar-refractivity contribution in [2.45, 2.75) is 51.5 Å². The number of nitrogens with one attached hydrogen (secondary N) is 1. The van der Waals surface area contributed by atoms with Gasteiger partial charge in [0.25, 0.3) is 11.8 Å². The number of carbonyl (C=O) groups is 2. The third-order valence-corrected chi connectivity index (χ3v) is 6.81. The summed E-state index contributed by atoms with van der Waals surface area (Å²) >= 11 is 0. The zero-order valence-electron chi connectivity index (χ0n) is 21.3. The summed E-state index contributed by atoms with van der Waals surface area (Å²) in [5, 5.41) is 14.6. The van der Waals surface area contributed by atoms with Crippen LogP contribution in [0.5, 0.6) is 5.75 Å². The number of aromatic nitrogens is 1. The van der Waals surface area contributed by atoms with E-state index < -0.39 is 65.5 Å². The second-order valence-electron chi connectivity index (χ2n) is 9.56. The Morgan fingerprint density at radius 1 is 1.28 bits per heavy atom. The third kappa shape index (κ3) is 5.79. The molecule has 9 nitrogen and oxygen atoms in total. The summed E-state index contributed by atoms with van der Waals surface area (Å²) in [6.45, 7) is 4.70. The van der Waals surface area contributed by atoms with Crippen molar-refractivity contribution in [3.63, 3.8) is 0 Å². The predicted molar refractivity (Wildman–Crippen MR) is 129 cm³/mol. The fourth-order valence-corrected chi connectivity index (χ4v) is 4.29. The highest BCUT2D eigenvalue weighted by Crippen LogP contribution is 2.55. The standard InChI is InChI=1S/C25H27F5N4O5/c1-11(2)17(34-37)10-38-20-14(5-6-15(26)19(20)27)18-12(3)24(4,25(28,29)30)39-21(18)23(36)33-13-7-8-32-16(9-13)22(31)35/h5-9,11-12,18,21,37H,10H2,1-4H3,(H2,31,35)(H,32,33,36)/t12-,18-,21+,24+/m0/s1. The molecule has 1 aliphatic heterocycles. The van der Waals surface area contributed by atoms with Gasteiger partial charge in [-0.05, 0) is 31.0 Å². The minimum absolute atomic E-state index is 0.0121. The van der Waals surface area contributed by atoms with Gasteiger partial charge in [-0.3, -0.25) is 14.6 Å². The number of hydrogen-bond donors (Lipinski definition) is 3. The summed E-state index contributed by atoms with van der Waals surface area (Å²) < 4.78 is 82.6. The highest BCUT2D eigenvalue weighted by Gasteiger charge is 2.66. The Kier molecular flexibility index (Phi) is 8.48. The van der Waals surface area contributed by atoms with E-state index >= 15 is 4.39 Å². The Balaban J connectivity index is 2.10. The minimum atomic E-state index is -4.95. The monoisotopic (exact) mass is 558 g/mol. The molecule has 0 bridgehead atoms. The molecule has 0 radical (unpaired) electrons. The molecular formula is C25H27F5N4O5. The van der Waals surface area contributed by atoms with E-state index in [1.165, 1.54) is 13.0 Å². The molecule has 212 valence electrons. The van der Waals surface area contributed by atoms with Gasteiger partial charge >= 0.3 is 6.18 Å². The van der Waals surface area contributed by atoms with Gasteiger partial charge in [0, 0.05) is 29.3 Å². The topological polar surface area (TPSA) is 136 Å². The number of primary amides is 1. The Labute approximate surface area is 220 Å². The maximum Gasteiger partial charge on any atom is 0.417 e. The van der Waals surface area contributed by atoms with Gasteiger partial charge in [-0.1, -0.05) is 32.0 Å². The Bertz CT molecular complexity index is 1290. The van der Waals surface area contributed by atoms with Crippen LogP contribution in [-0.4, -0.2) is 52.2 Å². The number of ether oxygens (including phenoxy) is 2. The van der Waals surface area contributed by atoms with Crippen molar-refractivity contribution < 1.29 is 46.2 Å². The van der Waals surface area contributed by atoms with Crippen molar-refractivity contribution in [1.82, 2.24) is 4.98 Å². The largest absolute Gasteiger partial charge is 0.484 e. The van der Waals surface area contributed by atoms with E-state index in [4.69, 9.17) is 15.2 Å². The van der Waals surface area contributed by atoms with Crippen LogP contribution >= 0.6 is 0 Å². The lowest BCUT2D eigenvalue weighted by Gasteiger charge is -2.32. The van der Waals surface area contributed by atoms with Crippen LogP contribution in [0.2, 0.25) is 0 Å². The van der Waals surface area contributed by atoms with Crippen LogP contribution in [0.3, 0.4) is 0 Å². The molecule has 14 heteroatoms. The Morgan fingerprint density at radius 3 is 2.51 bits per heavy atom. The molecule has 2 amide bonds. The number of nitrogens with two attached hydrogens (primary N) is 1. The number of amides is 2. The summed E-state index contributed by atoms with van der Waals surface area (Å²) in [5.41, 5.74) is 1.89. The Hall–Kier alpha value is -3.81. The minimum Gasteiger partial charge on any atom is -0.484 e. The quantitative estimate of drug-likeness (QED) is 0.190. The van der Waals surface area contributed by atoms with Crippen LogP contribution in [0.15, 0.2) is 35.6 Å². The molecule has 4 atom stereocenters. The lowest BCUT2D eigenvalue weighted by atomic mass is 9.77. The first kappa shape index (κ1) is 29.7. The lowest BCUT2D eigenvalue weighted by molar-refractivity contribution is -0.272. The number of hydrogen-bond acceptors (Lipinski definition) is 7. The number of benzene rings is 1. The summed E-state index contributed by atoms with van der Waals surface area (Å²) in [6, 6.07) is 4.11. The number of pyridine rings is 1. The van der Waals surface area contributed by atoms with Crippen molar-refractivity contribution in [2.75, 3.05) is 11.9 Å². The first-order valence-electron chi connectivity index (χ1n) is 11.7. The van der Waals surface area contributed by atoms with E-state index in [-0.39, 0.29) is 28.6 Å². The molecule has 2 heterocycles. The SMILES string of the molecule is CC(C)C(COc1c([C@H]2[C@H](C(=O)Nc3ccnc(C(N)=O)c3)O[C@@](C)(C(F)(F)F)[C@H]2C)ccc(F)c1F)=NO. The Morgan fingerprint density at radius 2 is 1.95 bits per heavy atom. The van der Waals surface area contributed by atoms with Crippen LogP contribution in [0.4, 0.5) is 27.6 Å². The van der Waals surface area contributed by atoms with Gasteiger partial charge in [-0.25, -0.2) is 4.39 Å². The van der Waals surface area contributed by atoms with Gasteiger partial charge in [-0.2, -0.15) is 17.6 Å². The first-order valence-corrected chi connectivity index (χ1v) is 11.7. The molecule has 0 aliphatic carbocycles. The maximum absolute atomic E-state index is 15.0. The van der Waals surface area contributed by atoms with E-state index in [0.717, 1.165) is 25.3 Å². The number of halogens is 5. The smallest absolute Gasteiger partial charge is 0.417 e. The fraction of sp³-hybridized carbons (Fsp3) is 0.440. The first-order chi connectivity index (χ1) is 18.1. The molecule has 2 aromatic rings. The molecule has 4 N–H and O–H groups in total. The number of carbonyl (C=O) groups excluding carboxylic acids is 2. The summed E-state index contributed by atoms with van der Waals surface area (Å²) in [5.74, 6) is -8.89. The van der Waals surface area contributed by atoms with Crippen molar-refractivity contribution >= 4 is 23.2 Å². The molecule has 1 aliphatic rings. The fourth-order valence-electron chi connectivity index (χ4n) is 4.29. The highest BCUT2D eigenvalue weighted by molar-refractivity contribution is 5.97. The zero-order chi connectivity index (χ0) is 29.3. The van der Waals surface area contributed by atoms with Gasteiger partial charge in [0.1, 0.15) is 18.4 Å². The number of nitrogens with zero attached hydrogens (tertiary/aromatic N) is 2. The average molecular weight is 559 g/mol. The van der Waals surface area contributed by atoms with Crippen LogP contribution in [0.25, 0.3) is 0 Å². The van der Waals surface area contributed by atoms with Gasteiger partial charge < -0.3 is 25.7 Å². The number of rotatable bonds is 8. The maximum atomic E-state index is 15.0. The lowest BCUT2D eigenvalue weighted by Crippen LogP contribution is -2.47. The molecule has 39 heavy (non-hydrogen) atoms. The summed E-state index contributed by atoms with van der Waals surface area (Å²) in [7, 11) is 0. The summed E-state index contributed by atoms with van der Waals surface area (Å²) in [6.07, 6.45) is -5.66. The van der Waals surface area contributed by atoms with Gasteiger partial charge in [0.05, 0.1) is 5.71 Å². The van der Waals surface area contributed by atoms with Crippen LogP contribution < -0.4 is 15.8 Å². The van der Waals surface area contributed by atoms with E-state index in [2.05, 4.69) is 15.5 Å². The predicted octanol–water partition coefficient (Wildman–Crippen LogP) is 4.40. The van der Waals surface area contributed by atoms with Crippen LogP contribution in [-0.2, 0) is 9.53 Å². The molecule has 1 aromatic carbocycles. The number of anilines is 1. The molecule has 0 unspecified atom stereocenters. The van der Waals surface area contributed by atoms with Crippen molar-refractivity contribution in [1.29, 1.82) is 0 Å². The molecule has 1 aromatic heterocycles. The van der Waals surface area contributed by atoms with Gasteiger partial charge in [0.15, 0.2) is 17.2 Å². The molecule has 1 saturated heterocycles.